The van der Waals surface area contributed by atoms with Crippen LogP contribution < -0.4 is 0 Å². The maximum absolute atomic E-state index is 11.4. The highest BCUT2D eigenvalue weighted by atomic mass is 16.5. The van der Waals surface area contributed by atoms with Crippen LogP contribution in [0.3, 0.4) is 0 Å². The number of aromatic nitrogens is 1. The van der Waals surface area contributed by atoms with Crippen molar-refractivity contribution in [3.63, 3.8) is 0 Å². The van der Waals surface area contributed by atoms with Crippen LogP contribution in [0, 0.1) is 0 Å². The van der Waals surface area contributed by atoms with Gasteiger partial charge in [0, 0.05) is 6.07 Å². The first kappa shape index (κ1) is 13.3. The monoisotopic (exact) mass is 261 g/mol. The molecule has 2 aromatic rings. The van der Waals surface area contributed by atoms with Crippen LogP contribution in [0.2, 0.25) is 0 Å². The Kier molecular flexibility index (Phi) is 4.69. The molecule has 5 heteroatoms. The fraction of sp³-hybridized carbons (Fsp3) is 0.286. The van der Waals surface area contributed by atoms with Gasteiger partial charge in [-0.25, -0.2) is 4.79 Å². The largest absolute Gasteiger partial charge is 0.461 e. The van der Waals surface area contributed by atoms with Crippen LogP contribution in [-0.4, -0.2) is 17.7 Å². The van der Waals surface area contributed by atoms with Gasteiger partial charge in [0.1, 0.15) is 6.61 Å². The van der Waals surface area contributed by atoms with Crippen molar-refractivity contribution >= 4 is 5.97 Å². The summed E-state index contributed by atoms with van der Waals surface area (Å²) in [4.78, 5) is 11.4. The van der Waals surface area contributed by atoms with Crippen molar-refractivity contribution in [2.75, 3.05) is 6.61 Å². The maximum atomic E-state index is 11.4. The van der Waals surface area contributed by atoms with E-state index in [0.29, 0.717) is 19.0 Å². The lowest BCUT2D eigenvalue weighted by Gasteiger charge is -2.00. The molecule has 0 saturated carbocycles. The molecule has 0 amide bonds. The van der Waals surface area contributed by atoms with Gasteiger partial charge in [-0.1, -0.05) is 35.5 Å². The zero-order chi connectivity index (χ0) is 13.5. The maximum Gasteiger partial charge on any atom is 0.360 e. The molecule has 1 aromatic carbocycles. The Morgan fingerprint density at radius 3 is 2.79 bits per heavy atom. The zero-order valence-electron chi connectivity index (χ0n) is 10.7. The highest BCUT2D eigenvalue weighted by Crippen LogP contribution is 2.08. The van der Waals surface area contributed by atoms with E-state index >= 15 is 0 Å². The second-order valence-corrected chi connectivity index (χ2v) is 3.88. The smallest absolute Gasteiger partial charge is 0.360 e. The molecule has 2 rings (SSSR count). The zero-order valence-corrected chi connectivity index (χ0v) is 10.7. The molecule has 0 N–H and O–H groups in total. The molecule has 1 aromatic heterocycles. The quantitative estimate of drug-likeness (QED) is 0.748. The van der Waals surface area contributed by atoms with Gasteiger partial charge in [0.25, 0.3) is 0 Å². The highest BCUT2D eigenvalue weighted by Gasteiger charge is 2.13. The van der Waals surface area contributed by atoms with Gasteiger partial charge in [0.15, 0.2) is 11.5 Å². The average molecular weight is 261 g/mol. The highest BCUT2D eigenvalue weighted by molar-refractivity contribution is 5.87. The molecule has 0 bridgehead atoms. The summed E-state index contributed by atoms with van der Waals surface area (Å²) in [6.07, 6.45) is 0. The predicted octanol–water partition coefficient (Wildman–Crippen LogP) is 2.57. The van der Waals surface area contributed by atoms with E-state index in [1.54, 1.807) is 6.92 Å². The SMILES string of the molecule is CCOC(=O)c1cc(COCc2ccccc2)on1. The minimum absolute atomic E-state index is 0.167. The average Bonchev–Trinajstić information content (AvgIpc) is 2.89. The minimum Gasteiger partial charge on any atom is -0.461 e. The van der Waals surface area contributed by atoms with Crippen LogP contribution >= 0.6 is 0 Å². The summed E-state index contributed by atoms with van der Waals surface area (Å²) in [7, 11) is 0. The number of benzene rings is 1. The van der Waals surface area contributed by atoms with E-state index in [4.69, 9.17) is 14.0 Å². The topological polar surface area (TPSA) is 61.6 Å². The Bertz CT molecular complexity index is 521. The lowest BCUT2D eigenvalue weighted by atomic mass is 10.2. The molecule has 0 saturated heterocycles. The van der Waals surface area contributed by atoms with Gasteiger partial charge in [-0.2, -0.15) is 0 Å². The standard InChI is InChI=1S/C14H15NO4/c1-2-18-14(16)13-8-12(19-15-13)10-17-9-11-6-4-3-5-7-11/h3-8H,2,9-10H2,1H3. The Morgan fingerprint density at radius 1 is 1.26 bits per heavy atom. The number of nitrogens with zero attached hydrogens (tertiary/aromatic N) is 1. The van der Waals surface area contributed by atoms with Crippen molar-refractivity contribution in [1.82, 2.24) is 5.16 Å². The second-order valence-electron chi connectivity index (χ2n) is 3.88. The number of hydrogen-bond acceptors (Lipinski definition) is 5. The van der Waals surface area contributed by atoms with Crippen LogP contribution in [0.25, 0.3) is 0 Å². The van der Waals surface area contributed by atoms with Gasteiger partial charge in [0.2, 0.25) is 0 Å². The summed E-state index contributed by atoms with van der Waals surface area (Å²) in [6.45, 7) is 2.80. The summed E-state index contributed by atoms with van der Waals surface area (Å²) >= 11 is 0. The van der Waals surface area contributed by atoms with Gasteiger partial charge in [0.05, 0.1) is 13.2 Å². The van der Waals surface area contributed by atoms with E-state index in [2.05, 4.69) is 5.16 Å². The Balaban J connectivity index is 1.82. The fourth-order valence-electron chi connectivity index (χ4n) is 1.53. The molecule has 0 atom stereocenters. The fourth-order valence-corrected chi connectivity index (χ4v) is 1.53. The van der Waals surface area contributed by atoms with Crippen molar-refractivity contribution in [1.29, 1.82) is 0 Å². The summed E-state index contributed by atoms with van der Waals surface area (Å²) in [5, 5.41) is 3.63. The summed E-state index contributed by atoms with van der Waals surface area (Å²) in [6, 6.07) is 11.3. The molecule has 0 radical (unpaired) electrons. The number of ether oxygens (including phenoxy) is 2. The predicted molar refractivity (Wildman–Crippen MR) is 67.4 cm³/mol. The molecule has 19 heavy (non-hydrogen) atoms. The molecule has 100 valence electrons. The van der Waals surface area contributed by atoms with E-state index in [0.717, 1.165) is 5.56 Å². The number of rotatable bonds is 6. The van der Waals surface area contributed by atoms with Crippen molar-refractivity contribution < 1.29 is 18.8 Å². The summed E-state index contributed by atoms with van der Waals surface area (Å²) in [5.74, 6) is 0.0135. The molecular formula is C14H15NO4. The van der Waals surface area contributed by atoms with Gasteiger partial charge >= 0.3 is 5.97 Å². The van der Waals surface area contributed by atoms with Crippen molar-refractivity contribution in [3.05, 3.63) is 53.4 Å². The molecule has 0 spiro atoms. The van der Waals surface area contributed by atoms with Gasteiger partial charge in [-0.05, 0) is 12.5 Å². The number of carbonyl (C=O) groups excluding carboxylic acids is 1. The normalized spacial score (nSPS) is 10.4. The first-order valence-corrected chi connectivity index (χ1v) is 6.04. The molecule has 0 unspecified atom stereocenters. The van der Waals surface area contributed by atoms with Crippen LogP contribution in [0.5, 0.6) is 0 Å². The molecule has 0 aliphatic heterocycles. The number of esters is 1. The Morgan fingerprint density at radius 2 is 2.05 bits per heavy atom. The second kappa shape index (κ2) is 6.70. The number of carbonyl (C=O) groups is 1. The molecule has 0 aliphatic rings. The van der Waals surface area contributed by atoms with Crippen molar-refractivity contribution in [2.24, 2.45) is 0 Å². The van der Waals surface area contributed by atoms with E-state index in [1.165, 1.54) is 6.07 Å². The third kappa shape index (κ3) is 3.93. The van der Waals surface area contributed by atoms with E-state index in [9.17, 15) is 4.79 Å². The van der Waals surface area contributed by atoms with Gasteiger partial charge in [-0.15, -0.1) is 0 Å². The molecule has 0 aliphatic carbocycles. The van der Waals surface area contributed by atoms with E-state index in [1.807, 2.05) is 30.3 Å². The van der Waals surface area contributed by atoms with Gasteiger partial charge in [-0.3, -0.25) is 0 Å². The third-order valence-electron chi connectivity index (χ3n) is 2.40. The van der Waals surface area contributed by atoms with Crippen LogP contribution in [0.1, 0.15) is 28.7 Å². The summed E-state index contributed by atoms with van der Waals surface area (Å²) in [5.41, 5.74) is 1.24. The van der Waals surface area contributed by atoms with Crippen LogP contribution in [0.4, 0.5) is 0 Å². The third-order valence-corrected chi connectivity index (χ3v) is 2.40. The van der Waals surface area contributed by atoms with Crippen molar-refractivity contribution in [3.8, 4) is 0 Å². The molecule has 1 heterocycles. The van der Waals surface area contributed by atoms with Crippen LogP contribution in [0.15, 0.2) is 40.9 Å². The van der Waals surface area contributed by atoms with E-state index in [-0.39, 0.29) is 12.3 Å². The minimum atomic E-state index is -0.486. The lowest BCUT2D eigenvalue weighted by Crippen LogP contribution is -2.04. The van der Waals surface area contributed by atoms with Crippen LogP contribution in [-0.2, 0) is 22.7 Å². The first-order chi connectivity index (χ1) is 9.29. The number of hydrogen-bond donors (Lipinski definition) is 0. The van der Waals surface area contributed by atoms with Crippen molar-refractivity contribution in [2.45, 2.75) is 20.1 Å². The molecular weight excluding hydrogens is 246 g/mol. The Labute approximate surface area is 111 Å². The van der Waals surface area contributed by atoms with Gasteiger partial charge < -0.3 is 14.0 Å². The first-order valence-electron chi connectivity index (χ1n) is 6.04. The lowest BCUT2D eigenvalue weighted by molar-refractivity contribution is 0.0513. The van der Waals surface area contributed by atoms with E-state index < -0.39 is 5.97 Å². The summed E-state index contributed by atoms with van der Waals surface area (Å²) < 4.78 is 15.3. The Hall–Kier alpha value is -2.14. The molecule has 0 fully saturated rings. The molecule has 5 nitrogen and oxygen atoms in total.